The van der Waals surface area contributed by atoms with Gasteiger partial charge in [-0.1, -0.05) is 35.9 Å². The van der Waals surface area contributed by atoms with Crippen LogP contribution < -0.4 is 14.2 Å². The van der Waals surface area contributed by atoms with E-state index in [4.69, 9.17) is 14.0 Å². The van der Waals surface area contributed by atoms with Gasteiger partial charge in [-0.3, -0.25) is 4.79 Å². The van der Waals surface area contributed by atoms with Gasteiger partial charge in [-0.05, 0) is 49.4 Å². The number of hydrogen-bond donors (Lipinski definition) is 2. The molecule has 0 aliphatic carbocycles. The molecule has 0 saturated carbocycles. The molecular weight excluding hydrogens is 472 g/mol. The number of nitrogens with zero attached hydrogens (tertiary/aromatic N) is 1. The molecule has 9 nitrogen and oxygen atoms in total. The highest BCUT2D eigenvalue weighted by atomic mass is 32.2. The molecule has 0 saturated heterocycles. The first kappa shape index (κ1) is 25.0. The van der Waals surface area contributed by atoms with E-state index in [-0.39, 0.29) is 38.8 Å². The number of rotatable bonds is 8. The van der Waals surface area contributed by atoms with Crippen molar-refractivity contribution >= 4 is 33.8 Å². The molecule has 0 aliphatic rings. The summed E-state index contributed by atoms with van der Waals surface area (Å²) in [5.41, 5.74) is 0.709. The lowest BCUT2D eigenvalue weighted by Gasteiger charge is -2.14. The highest BCUT2D eigenvalue weighted by Gasteiger charge is 2.22. The number of nitrogens with one attached hydrogen (secondary N) is 1. The van der Waals surface area contributed by atoms with Crippen molar-refractivity contribution in [3.63, 3.8) is 0 Å². The van der Waals surface area contributed by atoms with Gasteiger partial charge in [-0.2, -0.15) is 13.7 Å². The number of aryl methyl sites for hydroxylation is 1. The average Bonchev–Trinajstić information content (AvgIpc) is 2.83. The maximum Gasteiger partial charge on any atom is 0.339 e. The summed E-state index contributed by atoms with van der Waals surface area (Å²) in [5, 5.41) is 21.1. The average molecular weight is 493 g/mol. The van der Waals surface area contributed by atoms with Gasteiger partial charge in [0.2, 0.25) is 0 Å². The third kappa shape index (κ3) is 6.04. The fraction of sp³-hybridized carbons (Fsp3) is 0.0800. The van der Waals surface area contributed by atoms with Crippen molar-refractivity contribution in [3.8, 4) is 17.6 Å². The largest absolute Gasteiger partial charge is 0.493 e. The number of carbonyl (C=O) groups excluding carboxylic acids is 1. The number of carboxylic acids is 1. The molecule has 3 aromatic carbocycles. The third-order valence-electron chi connectivity index (χ3n) is 4.76. The van der Waals surface area contributed by atoms with E-state index in [9.17, 15) is 23.3 Å². The number of benzene rings is 3. The maximum absolute atomic E-state index is 12.9. The number of para-hydroxylation sites is 1. The molecule has 178 valence electrons. The van der Waals surface area contributed by atoms with Crippen LogP contribution >= 0.6 is 0 Å². The SMILES string of the molecule is COc1cccc(C=C(C#N)C(=O)Nc2cccc(C(=O)O)c2)c1OS(=O)(=O)c1ccc(C)cc1. The van der Waals surface area contributed by atoms with Gasteiger partial charge < -0.3 is 19.3 Å². The van der Waals surface area contributed by atoms with Gasteiger partial charge in [0.25, 0.3) is 5.91 Å². The monoisotopic (exact) mass is 492 g/mol. The van der Waals surface area contributed by atoms with Gasteiger partial charge >= 0.3 is 16.1 Å². The molecule has 35 heavy (non-hydrogen) atoms. The topological polar surface area (TPSA) is 143 Å². The van der Waals surface area contributed by atoms with E-state index in [0.717, 1.165) is 11.6 Å². The fourth-order valence-electron chi connectivity index (χ4n) is 2.99. The number of amides is 1. The summed E-state index contributed by atoms with van der Waals surface area (Å²) in [4.78, 5) is 23.8. The number of carbonyl (C=O) groups is 2. The van der Waals surface area contributed by atoms with Gasteiger partial charge in [0.1, 0.15) is 16.5 Å². The summed E-state index contributed by atoms with van der Waals surface area (Å²) < 4.78 is 36.3. The Kier molecular flexibility index (Phi) is 7.53. The number of ether oxygens (including phenoxy) is 1. The van der Waals surface area contributed by atoms with E-state index >= 15 is 0 Å². The van der Waals surface area contributed by atoms with E-state index < -0.39 is 22.0 Å². The van der Waals surface area contributed by atoms with Crippen LogP contribution in [0.4, 0.5) is 5.69 Å². The number of anilines is 1. The summed E-state index contributed by atoms with van der Waals surface area (Å²) in [5.74, 6) is -2.14. The van der Waals surface area contributed by atoms with Crippen LogP contribution in [0.3, 0.4) is 0 Å². The molecule has 0 spiro atoms. The van der Waals surface area contributed by atoms with E-state index in [0.29, 0.717) is 0 Å². The first-order valence-electron chi connectivity index (χ1n) is 10.1. The second-order valence-electron chi connectivity index (χ2n) is 7.24. The number of nitriles is 1. The highest BCUT2D eigenvalue weighted by molar-refractivity contribution is 7.87. The van der Waals surface area contributed by atoms with Crippen LogP contribution in [0.25, 0.3) is 6.08 Å². The Morgan fingerprint density at radius 2 is 1.74 bits per heavy atom. The zero-order chi connectivity index (χ0) is 25.6. The molecule has 1 amide bonds. The lowest BCUT2D eigenvalue weighted by Crippen LogP contribution is -2.14. The van der Waals surface area contributed by atoms with Crippen molar-refractivity contribution in [2.75, 3.05) is 12.4 Å². The summed E-state index contributed by atoms with van der Waals surface area (Å²) in [6, 6.07) is 17.8. The summed E-state index contributed by atoms with van der Waals surface area (Å²) in [6.45, 7) is 1.81. The minimum absolute atomic E-state index is 0.0462. The van der Waals surface area contributed by atoms with Crippen molar-refractivity contribution in [1.29, 1.82) is 5.26 Å². The second-order valence-corrected chi connectivity index (χ2v) is 8.79. The van der Waals surface area contributed by atoms with E-state index in [1.807, 2.05) is 6.92 Å². The van der Waals surface area contributed by atoms with E-state index in [1.54, 1.807) is 24.3 Å². The molecule has 0 heterocycles. The van der Waals surface area contributed by atoms with Gasteiger partial charge in [-0.15, -0.1) is 0 Å². The van der Waals surface area contributed by atoms with Gasteiger partial charge in [0.15, 0.2) is 11.5 Å². The molecule has 0 radical (unpaired) electrons. The fourth-order valence-corrected chi connectivity index (χ4v) is 3.96. The van der Waals surface area contributed by atoms with E-state index in [2.05, 4.69) is 5.32 Å². The minimum Gasteiger partial charge on any atom is -0.493 e. The summed E-state index contributed by atoms with van der Waals surface area (Å²) in [6.07, 6.45) is 1.15. The van der Waals surface area contributed by atoms with Crippen LogP contribution in [0.1, 0.15) is 21.5 Å². The standard InChI is InChI=1S/C25H20N2O7S/c1-16-9-11-21(12-10-16)35(31,32)34-23-17(5-4-8-22(23)33-2)13-19(15-26)24(28)27-20-7-3-6-18(14-20)25(29)30/h3-14H,1-2H3,(H,27,28)(H,29,30). The van der Waals surface area contributed by atoms with Gasteiger partial charge in [0.05, 0.1) is 12.7 Å². The van der Waals surface area contributed by atoms with Crippen molar-refractivity contribution in [3.05, 3.63) is 89.0 Å². The Labute approximate surface area is 202 Å². The zero-order valence-corrected chi connectivity index (χ0v) is 19.5. The Morgan fingerprint density at radius 1 is 1.06 bits per heavy atom. The van der Waals surface area contributed by atoms with Crippen LogP contribution in [-0.4, -0.2) is 32.5 Å². The number of methoxy groups -OCH3 is 1. The minimum atomic E-state index is -4.26. The van der Waals surface area contributed by atoms with Crippen molar-refractivity contribution < 1.29 is 32.0 Å². The third-order valence-corrected chi connectivity index (χ3v) is 6.00. The molecule has 10 heteroatoms. The second kappa shape index (κ2) is 10.5. The van der Waals surface area contributed by atoms with E-state index in [1.165, 1.54) is 55.6 Å². The highest BCUT2D eigenvalue weighted by Crippen LogP contribution is 2.35. The molecule has 0 bridgehead atoms. The number of hydrogen-bond acceptors (Lipinski definition) is 7. The quantitative estimate of drug-likeness (QED) is 0.273. The predicted molar refractivity (Wildman–Crippen MR) is 128 cm³/mol. The molecule has 0 aliphatic heterocycles. The Hall–Kier alpha value is -4.62. The van der Waals surface area contributed by atoms with Gasteiger partial charge in [0, 0.05) is 11.3 Å². The molecule has 0 unspecified atom stereocenters. The Balaban J connectivity index is 1.97. The van der Waals surface area contributed by atoms with Crippen molar-refractivity contribution in [2.24, 2.45) is 0 Å². The van der Waals surface area contributed by atoms with Crippen LogP contribution in [-0.2, 0) is 14.9 Å². The lowest BCUT2D eigenvalue weighted by molar-refractivity contribution is -0.112. The molecule has 0 fully saturated rings. The summed E-state index contributed by atoms with van der Waals surface area (Å²) >= 11 is 0. The van der Waals surface area contributed by atoms with Crippen LogP contribution in [0.15, 0.2) is 77.2 Å². The first-order valence-corrected chi connectivity index (χ1v) is 11.5. The maximum atomic E-state index is 12.9. The van der Waals surface area contributed by atoms with Crippen molar-refractivity contribution in [2.45, 2.75) is 11.8 Å². The number of carboxylic acid groups (broad SMARTS) is 1. The Morgan fingerprint density at radius 3 is 2.37 bits per heavy atom. The lowest BCUT2D eigenvalue weighted by atomic mass is 10.1. The molecule has 0 aromatic heterocycles. The molecule has 3 aromatic rings. The van der Waals surface area contributed by atoms with Crippen LogP contribution in [0.2, 0.25) is 0 Å². The predicted octanol–water partition coefficient (Wildman–Crippen LogP) is 4.02. The molecule has 0 atom stereocenters. The normalized spacial score (nSPS) is 11.3. The molecular formula is C25H20N2O7S. The molecule has 3 rings (SSSR count). The molecule has 2 N–H and O–H groups in total. The van der Waals surface area contributed by atoms with Gasteiger partial charge in [-0.25, -0.2) is 4.79 Å². The van der Waals surface area contributed by atoms with Crippen LogP contribution in [0, 0.1) is 18.3 Å². The summed E-state index contributed by atoms with van der Waals surface area (Å²) in [7, 11) is -2.94. The smallest absolute Gasteiger partial charge is 0.339 e. The number of aromatic carboxylic acids is 1. The van der Waals surface area contributed by atoms with Crippen LogP contribution in [0.5, 0.6) is 11.5 Å². The van der Waals surface area contributed by atoms with Crippen molar-refractivity contribution in [1.82, 2.24) is 0 Å². The zero-order valence-electron chi connectivity index (χ0n) is 18.7. The first-order chi connectivity index (χ1) is 16.6. The Bertz CT molecular complexity index is 1450.